The van der Waals surface area contributed by atoms with Gasteiger partial charge in [-0.3, -0.25) is 9.79 Å². The van der Waals surface area contributed by atoms with Crippen molar-refractivity contribution in [1.29, 1.82) is 0 Å². The Morgan fingerprint density at radius 3 is 2.25 bits per heavy atom. The van der Waals surface area contributed by atoms with Gasteiger partial charge < -0.3 is 15.1 Å². The molecular formula is C11H19F3N4OS. The van der Waals surface area contributed by atoms with Crippen molar-refractivity contribution < 1.29 is 18.0 Å². The van der Waals surface area contributed by atoms with E-state index in [0.29, 0.717) is 32.1 Å². The summed E-state index contributed by atoms with van der Waals surface area (Å²) in [5.41, 5.74) is -4.20. The van der Waals surface area contributed by atoms with Crippen molar-refractivity contribution in [1.82, 2.24) is 15.1 Å². The number of nitrogens with zero attached hydrogens (tertiary/aromatic N) is 3. The molecule has 0 unspecified atom stereocenters. The Bertz CT molecular complexity index is 354. The number of piperazine rings is 1. The number of carbonyl (C=O) groups is 1. The summed E-state index contributed by atoms with van der Waals surface area (Å²) in [5.74, 6) is 0.556. The monoisotopic (exact) mass is 312 g/mol. The standard InChI is InChI=1S/C11H19F3N4OS/c1-9(19)17-4-6-18(7-5-17)10(15-2)16-3-8-20-11(12,13)14/h3-8H2,1-2H3,(H,15,16). The van der Waals surface area contributed by atoms with Gasteiger partial charge >= 0.3 is 5.51 Å². The molecule has 20 heavy (non-hydrogen) atoms. The van der Waals surface area contributed by atoms with Crippen LogP contribution in [0.3, 0.4) is 0 Å². The summed E-state index contributed by atoms with van der Waals surface area (Å²) in [6, 6.07) is 0. The van der Waals surface area contributed by atoms with Gasteiger partial charge in [-0.05, 0) is 11.8 Å². The fraction of sp³-hybridized carbons (Fsp3) is 0.818. The molecule has 1 aliphatic heterocycles. The number of alkyl halides is 3. The molecular weight excluding hydrogens is 293 g/mol. The molecule has 0 saturated carbocycles. The Morgan fingerprint density at radius 2 is 1.80 bits per heavy atom. The summed E-state index contributed by atoms with van der Waals surface area (Å²) in [4.78, 5) is 18.9. The third kappa shape index (κ3) is 5.89. The second-order valence-corrected chi connectivity index (χ2v) is 5.42. The Hall–Kier alpha value is -1.12. The van der Waals surface area contributed by atoms with Gasteiger partial charge in [0.05, 0.1) is 0 Å². The second-order valence-electron chi connectivity index (χ2n) is 4.26. The highest BCUT2D eigenvalue weighted by molar-refractivity contribution is 8.00. The topological polar surface area (TPSA) is 47.9 Å². The fourth-order valence-electron chi connectivity index (χ4n) is 1.90. The smallest absolute Gasteiger partial charge is 0.355 e. The minimum atomic E-state index is -4.20. The molecule has 0 aromatic heterocycles. The number of nitrogens with one attached hydrogen (secondary N) is 1. The van der Waals surface area contributed by atoms with Crippen LogP contribution >= 0.6 is 11.8 Å². The number of carbonyl (C=O) groups excluding carboxylic acids is 1. The molecule has 5 nitrogen and oxygen atoms in total. The average Bonchev–Trinajstić information content (AvgIpc) is 2.38. The van der Waals surface area contributed by atoms with Crippen molar-refractivity contribution >= 4 is 23.6 Å². The lowest BCUT2D eigenvalue weighted by Gasteiger charge is -2.36. The summed E-state index contributed by atoms with van der Waals surface area (Å²) >= 11 is -0.0519. The highest BCUT2D eigenvalue weighted by Gasteiger charge is 2.27. The first kappa shape index (κ1) is 16.9. The van der Waals surface area contributed by atoms with E-state index in [4.69, 9.17) is 0 Å². The van der Waals surface area contributed by atoms with Gasteiger partial charge in [0.15, 0.2) is 5.96 Å². The van der Waals surface area contributed by atoms with E-state index in [0.717, 1.165) is 0 Å². The van der Waals surface area contributed by atoms with Gasteiger partial charge in [-0.25, -0.2) is 0 Å². The van der Waals surface area contributed by atoms with Crippen LogP contribution in [0.1, 0.15) is 6.92 Å². The largest absolute Gasteiger partial charge is 0.441 e. The van der Waals surface area contributed by atoms with Crippen molar-refractivity contribution in [2.24, 2.45) is 4.99 Å². The molecule has 9 heteroatoms. The first-order valence-electron chi connectivity index (χ1n) is 6.25. The van der Waals surface area contributed by atoms with Gasteiger partial charge in [0.1, 0.15) is 0 Å². The normalized spacial score (nSPS) is 17.4. The van der Waals surface area contributed by atoms with E-state index >= 15 is 0 Å². The molecule has 0 aromatic rings. The average molecular weight is 312 g/mol. The minimum Gasteiger partial charge on any atom is -0.355 e. The molecule has 1 fully saturated rings. The summed E-state index contributed by atoms with van der Waals surface area (Å²) in [6.45, 7) is 4.19. The van der Waals surface area contributed by atoms with E-state index < -0.39 is 5.51 Å². The van der Waals surface area contributed by atoms with Crippen LogP contribution in [0, 0.1) is 0 Å². The molecule has 1 rings (SSSR count). The van der Waals surface area contributed by atoms with Crippen LogP contribution in [0.4, 0.5) is 13.2 Å². The Morgan fingerprint density at radius 1 is 1.25 bits per heavy atom. The molecule has 1 amide bonds. The van der Waals surface area contributed by atoms with Crippen LogP contribution in [-0.2, 0) is 4.79 Å². The number of hydrogen-bond donors (Lipinski definition) is 1. The number of thioether (sulfide) groups is 1. The predicted octanol–water partition coefficient (Wildman–Crippen LogP) is 0.979. The third-order valence-corrected chi connectivity index (χ3v) is 3.62. The van der Waals surface area contributed by atoms with Crippen LogP contribution in [0.15, 0.2) is 4.99 Å². The highest BCUT2D eigenvalue weighted by atomic mass is 32.2. The number of amides is 1. The van der Waals surface area contributed by atoms with Gasteiger partial charge in [0, 0.05) is 52.4 Å². The van der Waals surface area contributed by atoms with Gasteiger partial charge in [-0.15, -0.1) is 0 Å². The maximum Gasteiger partial charge on any atom is 0.441 e. The highest BCUT2D eigenvalue weighted by Crippen LogP contribution is 2.29. The van der Waals surface area contributed by atoms with E-state index in [-0.39, 0.29) is 30.0 Å². The van der Waals surface area contributed by atoms with Crippen molar-refractivity contribution in [2.45, 2.75) is 12.4 Å². The zero-order chi connectivity index (χ0) is 15.2. The maximum atomic E-state index is 12.0. The lowest BCUT2D eigenvalue weighted by atomic mass is 10.3. The van der Waals surface area contributed by atoms with Crippen LogP contribution in [-0.4, -0.2) is 72.7 Å². The molecule has 1 saturated heterocycles. The molecule has 116 valence electrons. The molecule has 0 atom stereocenters. The molecule has 0 bridgehead atoms. The molecule has 0 aromatic carbocycles. The van der Waals surface area contributed by atoms with Gasteiger partial charge in [-0.2, -0.15) is 13.2 Å². The quantitative estimate of drug-likeness (QED) is 0.479. The van der Waals surface area contributed by atoms with E-state index in [1.165, 1.54) is 6.92 Å². The van der Waals surface area contributed by atoms with Gasteiger partial charge in [-0.1, -0.05) is 0 Å². The van der Waals surface area contributed by atoms with Crippen molar-refractivity contribution in [3.63, 3.8) is 0 Å². The van der Waals surface area contributed by atoms with Crippen LogP contribution in [0.5, 0.6) is 0 Å². The van der Waals surface area contributed by atoms with E-state index in [9.17, 15) is 18.0 Å². The summed E-state index contributed by atoms with van der Waals surface area (Å²) in [6.07, 6.45) is 0. The number of halogens is 3. The van der Waals surface area contributed by atoms with E-state index in [1.807, 2.05) is 4.90 Å². The van der Waals surface area contributed by atoms with Crippen molar-refractivity contribution in [3.05, 3.63) is 0 Å². The lowest BCUT2D eigenvalue weighted by Crippen LogP contribution is -2.53. The fourth-order valence-corrected chi connectivity index (χ4v) is 2.33. The minimum absolute atomic E-state index is 0.0363. The molecule has 0 radical (unpaired) electrons. The Labute approximate surface area is 120 Å². The maximum absolute atomic E-state index is 12.0. The number of guanidine groups is 1. The summed E-state index contributed by atoms with van der Waals surface area (Å²) < 4.78 is 36.0. The summed E-state index contributed by atoms with van der Waals surface area (Å²) in [5, 5.41) is 2.91. The van der Waals surface area contributed by atoms with Crippen molar-refractivity contribution in [2.75, 3.05) is 45.5 Å². The lowest BCUT2D eigenvalue weighted by molar-refractivity contribution is -0.130. The third-order valence-electron chi connectivity index (χ3n) is 2.89. The van der Waals surface area contributed by atoms with Crippen LogP contribution in [0.2, 0.25) is 0 Å². The number of rotatable bonds is 3. The zero-order valence-electron chi connectivity index (χ0n) is 11.5. The van der Waals surface area contributed by atoms with Crippen LogP contribution in [0.25, 0.3) is 0 Å². The summed E-state index contributed by atoms with van der Waals surface area (Å²) in [7, 11) is 1.59. The SMILES string of the molecule is CN=C(NCCSC(F)(F)F)N1CCN(C(C)=O)CC1. The molecule has 0 aliphatic carbocycles. The predicted molar refractivity (Wildman–Crippen MR) is 73.7 cm³/mol. The van der Waals surface area contributed by atoms with Gasteiger partial charge in [0.2, 0.25) is 5.91 Å². The van der Waals surface area contributed by atoms with Crippen molar-refractivity contribution in [3.8, 4) is 0 Å². The first-order chi connectivity index (χ1) is 9.33. The number of aliphatic imine (C=N–C) groups is 1. The van der Waals surface area contributed by atoms with E-state index in [1.54, 1.807) is 11.9 Å². The Kier molecular flexibility index (Phi) is 6.44. The zero-order valence-corrected chi connectivity index (χ0v) is 12.4. The first-order valence-corrected chi connectivity index (χ1v) is 7.24. The Balaban J connectivity index is 2.32. The van der Waals surface area contributed by atoms with E-state index in [2.05, 4.69) is 10.3 Å². The molecule has 0 spiro atoms. The van der Waals surface area contributed by atoms with Gasteiger partial charge in [0.25, 0.3) is 0 Å². The molecule has 1 N–H and O–H groups in total. The molecule has 1 aliphatic rings. The molecule has 1 heterocycles. The number of hydrogen-bond acceptors (Lipinski definition) is 3. The van der Waals surface area contributed by atoms with Crippen LogP contribution < -0.4 is 5.32 Å². The second kappa shape index (κ2) is 7.61.